The first-order valence-electron chi connectivity index (χ1n) is 5.16. The molecule has 3 N–H and O–H groups in total. The van der Waals surface area contributed by atoms with Crippen LogP contribution in [-0.2, 0) is 4.74 Å². The molecule has 0 aromatic heterocycles. The van der Waals surface area contributed by atoms with Crippen LogP contribution in [0.25, 0.3) is 0 Å². The smallest absolute Gasteiger partial charge is 0.101 e. The van der Waals surface area contributed by atoms with Gasteiger partial charge in [-0.15, -0.1) is 0 Å². The van der Waals surface area contributed by atoms with Gasteiger partial charge in [0.25, 0.3) is 0 Å². The van der Waals surface area contributed by atoms with E-state index in [0.29, 0.717) is 6.42 Å². The number of aliphatic hydroxyl groups excluding tert-OH is 3. The second-order valence-electron chi connectivity index (χ2n) is 4.03. The third-order valence-corrected chi connectivity index (χ3v) is 2.68. The van der Waals surface area contributed by atoms with Crippen LogP contribution in [0.1, 0.15) is 19.8 Å². The summed E-state index contributed by atoms with van der Waals surface area (Å²) in [5.74, 6) is 0. The fraction of sp³-hybridized carbons (Fsp3) is 0.900. The Kier molecular flexibility index (Phi) is 4.66. The summed E-state index contributed by atoms with van der Waals surface area (Å²) in [4.78, 5) is 3.81. The maximum atomic E-state index is 9.74. The van der Waals surface area contributed by atoms with E-state index in [2.05, 4.69) is 11.7 Å². The minimum Gasteiger partial charge on any atom is -0.394 e. The largest absolute Gasteiger partial charge is 0.394 e. The van der Waals surface area contributed by atoms with Crippen molar-refractivity contribution < 1.29 is 20.1 Å². The van der Waals surface area contributed by atoms with Gasteiger partial charge in [-0.2, -0.15) is 0 Å². The Balaban J connectivity index is 2.61. The van der Waals surface area contributed by atoms with Crippen molar-refractivity contribution in [1.29, 1.82) is 0 Å². The van der Waals surface area contributed by atoms with Crippen molar-refractivity contribution in [3.8, 4) is 0 Å². The summed E-state index contributed by atoms with van der Waals surface area (Å²) >= 11 is 0. The van der Waals surface area contributed by atoms with Gasteiger partial charge >= 0.3 is 0 Å². The normalized spacial score (nSPS) is 38.7. The van der Waals surface area contributed by atoms with Crippen LogP contribution in [0, 0.1) is 0 Å². The highest BCUT2D eigenvalue weighted by molar-refractivity contribution is 5.25. The molecule has 0 radical (unpaired) electrons. The van der Waals surface area contributed by atoms with Crippen molar-refractivity contribution >= 4 is 6.72 Å². The topological polar surface area (TPSA) is 82.3 Å². The molecule has 1 rings (SSSR count). The van der Waals surface area contributed by atoms with Gasteiger partial charge in [-0.3, -0.25) is 4.99 Å². The molecule has 88 valence electrons. The summed E-state index contributed by atoms with van der Waals surface area (Å²) in [5, 5.41) is 27.8. The SMILES string of the molecule is C=NC1C(O)CC(C)OC1C[C@H](O)CO. The molecule has 0 aliphatic carbocycles. The minimum atomic E-state index is -0.836. The molecule has 0 aromatic rings. The summed E-state index contributed by atoms with van der Waals surface area (Å²) in [7, 11) is 0. The third kappa shape index (κ3) is 3.24. The van der Waals surface area contributed by atoms with Gasteiger partial charge in [0.1, 0.15) is 6.04 Å². The van der Waals surface area contributed by atoms with Gasteiger partial charge in [-0.05, 0) is 13.6 Å². The van der Waals surface area contributed by atoms with Crippen molar-refractivity contribution in [3.05, 3.63) is 0 Å². The van der Waals surface area contributed by atoms with Gasteiger partial charge in [0.05, 0.1) is 31.0 Å². The highest BCUT2D eigenvalue weighted by Crippen LogP contribution is 2.25. The Hall–Kier alpha value is -0.490. The Morgan fingerprint density at radius 2 is 2.27 bits per heavy atom. The predicted octanol–water partition coefficient (Wildman–Crippen LogP) is -0.663. The first kappa shape index (κ1) is 12.6. The fourth-order valence-electron chi connectivity index (χ4n) is 1.94. The lowest BCUT2D eigenvalue weighted by atomic mass is 9.93. The molecule has 1 aliphatic rings. The van der Waals surface area contributed by atoms with E-state index < -0.39 is 18.2 Å². The zero-order chi connectivity index (χ0) is 11.4. The molecule has 1 fully saturated rings. The average molecular weight is 217 g/mol. The first-order chi connectivity index (χ1) is 7.08. The van der Waals surface area contributed by atoms with E-state index in [1.54, 1.807) is 0 Å². The highest BCUT2D eigenvalue weighted by Gasteiger charge is 2.36. The van der Waals surface area contributed by atoms with Crippen LogP contribution in [0.4, 0.5) is 0 Å². The zero-order valence-electron chi connectivity index (χ0n) is 8.91. The molecule has 0 saturated carbocycles. The molecule has 5 heteroatoms. The van der Waals surface area contributed by atoms with Gasteiger partial charge < -0.3 is 20.1 Å². The van der Waals surface area contributed by atoms with Gasteiger partial charge in [-0.1, -0.05) is 0 Å². The molecular formula is C10H19NO4. The summed E-state index contributed by atoms with van der Waals surface area (Å²) in [6, 6.07) is -0.414. The maximum Gasteiger partial charge on any atom is 0.101 e. The Morgan fingerprint density at radius 1 is 1.60 bits per heavy atom. The Morgan fingerprint density at radius 3 is 2.80 bits per heavy atom. The molecule has 0 bridgehead atoms. The molecule has 1 heterocycles. The van der Waals surface area contributed by atoms with Crippen molar-refractivity contribution in [3.63, 3.8) is 0 Å². The molecule has 1 saturated heterocycles. The third-order valence-electron chi connectivity index (χ3n) is 2.68. The molecule has 0 aromatic carbocycles. The highest BCUT2D eigenvalue weighted by atomic mass is 16.5. The lowest BCUT2D eigenvalue weighted by molar-refractivity contribution is -0.116. The van der Waals surface area contributed by atoms with E-state index in [-0.39, 0.29) is 25.2 Å². The maximum absolute atomic E-state index is 9.74. The first-order valence-corrected chi connectivity index (χ1v) is 5.16. The number of aliphatic hydroxyl groups is 3. The van der Waals surface area contributed by atoms with Crippen LogP contribution in [0.2, 0.25) is 0 Å². The van der Waals surface area contributed by atoms with Crippen molar-refractivity contribution in [1.82, 2.24) is 0 Å². The summed E-state index contributed by atoms with van der Waals surface area (Å²) in [6.45, 7) is 4.96. The molecular weight excluding hydrogens is 198 g/mol. The standard InChI is InChI=1S/C10H19NO4/c1-6-3-8(14)10(11-2)9(15-6)4-7(13)5-12/h6-10,12-14H,2-5H2,1H3/t6?,7-,8?,9?,10?/m0/s1. The molecule has 1 aliphatic heterocycles. The lowest BCUT2D eigenvalue weighted by Crippen LogP contribution is -2.47. The van der Waals surface area contributed by atoms with Gasteiger partial charge in [-0.25, -0.2) is 0 Å². The Bertz CT molecular complexity index is 212. The quantitative estimate of drug-likeness (QED) is 0.546. The number of rotatable bonds is 4. The molecule has 5 atom stereocenters. The molecule has 4 unspecified atom stereocenters. The second kappa shape index (κ2) is 5.55. The van der Waals surface area contributed by atoms with Crippen LogP contribution in [0.3, 0.4) is 0 Å². The zero-order valence-corrected chi connectivity index (χ0v) is 8.91. The van der Waals surface area contributed by atoms with E-state index in [0.717, 1.165) is 0 Å². The van der Waals surface area contributed by atoms with E-state index in [1.807, 2.05) is 6.92 Å². The summed E-state index contributed by atoms with van der Waals surface area (Å²) in [6.07, 6.45) is -1.06. The van der Waals surface area contributed by atoms with Gasteiger partial charge in [0.2, 0.25) is 0 Å². The van der Waals surface area contributed by atoms with Crippen molar-refractivity contribution in [2.75, 3.05) is 6.61 Å². The second-order valence-corrected chi connectivity index (χ2v) is 4.03. The fourth-order valence-corrected chi connectivity index (χ4v) is 1.94. The van der Waals surface area contributed by atoms with E-state index in [9.17, 15) is 10.2 Å². The number of nitrogens with zero attached hydrogens (tertiary/aromatic N) is 1. The minimum absolute atomic E-state index is 0.0612. The average Bonchev–Trinajstić information content (AvgIpc) is 2.17. The molecule has 0 spiro atoms. The number of aliphatic imine (C=N–C) groups is 1. The van der Waals surface area contributed by atoms with Crippen LogP contribution in [-0.4, -0.2) is 59.1 Å². The number of hydrogen-bond donors (Lipinski definition) is 3. The predicted molar refractivity (Wildman–Crippen MR) is 56.0 cm³/mol. The molecule has 5 nitrogen and oxygen atoms in total. The Labute approximate surface area is 89.4 Å². The van der Waals surface area contributed by atoms with Gasteiger partial charge in [0, 0.05) is 12.8 Å². The van der Waals surface area contributed by atoms with Crippen LogP contribution in [0.5, 0.6) is 0 Å². The molecule has 0 amide bonds. The van der Waals surface area contributed by atoms with Crippen LogP contribution < -0.4 is 0 Å². The van der Waals surface area contributed by atoms with E-state index >= 15 is 0 Å². The summed E-state index contributed by atoms with van der Waals surface area (Å²) < 4.78 is 5.57. The monoisotopic (exact) mass is 217 g/mol. The van der Waals surface area contributed by atoms with Crippen molar-refractivity contribution in [2.24, 2.45) is 4.99 Å². The van der Waals surface area contributed by atoms with Crippen molar-refractivity contribution in [2.45, 2.75) is 50.2 Å². The lowest BCUT2D eigenvalue weighted by Gasteiger charge is -2.37. The van der Waals surface area contributed by atoms with Crippen LogP contribution in [0.15, 0.2) is 4.99 Å². The van der Waals surface area contributed by atoms with Crippen LogP contribution >= 0.6 is 0 Å². The molecule has 15 heavy (non-hydrogen) atoms. The van der Waals surface area contributed by atoms with Gasteiger partial charge in [0.15, 0.2) is 0 Å². The number of hydrogen-bond acceptors (Lipinski definition) is 5. The summed E-state index contributed by atoms with van der Waals surface area (Å²) in [5.41, 5.74) is 0. The van der Waals surface area contributed by atoms with E-state index in [1.165, 1.54) is 0 Å². The van der Waals surface area contributed by atoms with E-state index in [4.69, 9.17) is 9.84 Å². The number of ether oxygens (including phenoxy) is 1.